The summed E-state index contributed by atoms with van der Waals surface area (Å²) in [6.07, 6.45) is 0. The van der Waals surface area contributed by atoms with Gasteiger partial charge in [0, 0.05) is 24.2 Å². The van der Waals surface area contributed by atoms with Crippen molar-refractivity contribution in [3.63, 3.8) is 0 Å². The van der Waals surface area contributed by atoms with Crippen molar-refractivity contribution < 1.29 is 19.1 Å². The van der Waals surface area contributed by atoms with E-state index in [9.17, 15) is 9.59 Å². The van der Waals surface area contributed by atoms with Crippen LogP contribution in [0.4, 0.5) is 0 Å². The Kier molecular flexibility index (Phi) is 12.6. The summed E-state index contributed by atoms with van der Waals surface area (Å²) in [7, 11) is 0. The number of carbonyl (C=O) groups excluding carboxylic acids is 2. The Morgan fingerprint density at radius 1 is 0.618 bits per heavy atom. The van der Waals surface area contributed by atoms with Crippen LogP contribution in [0.3, 0.4) is 0 Å². The van der Waals surface area contributed by atoms with Gasteiger partial charge in [0.25, 0.3) is 0 Å². The van der Waals surface area contributed by atoms with Gasteiger partial charge in [-0.15, -0.1) is 24.8 Å². The van der Waals surface area contributed by atoms with E-state index < -0.39 is 0 Å². The van der Waals surface area contributed by atoms with Crippen molar-refractivity contribution in [1.82, 2.24) is 9.80 Å². The summed E-state index contributed by atoms with van der Waals surface area (Å²) < 4.78 is 11.9. The first-order chi connectivity index (χ1) is 15.5. The van der Waals surface area contributed by atoms with Crippen molar-refractivity contribution >= 4 is 36.4 Å². The molecule has 0 aliphatic heterocycles. The van der Waals surface area contributed by atoms with Gasteiger partial charge in [-0.1, -0.05) is 52.0 Å². The molecule has 0 N–H and O–H groups in total. The molecule has 2 aromatic rings. The second kappa shape index (κ2) is 14.3. The first-order valence-electron chi connectivity index (χ1n) is 11.6. The number of hydrogen-bond acceptors (Lipinski definition) is 6. The fourth-order valence-electron chi connectivity index (χ4n) is 4.07. The van der Waals surface area contributed by atoms with E-state index >= 15 is 0 Å². The minimum absolute atomic E-state index is 0. The van der Waals surface area contributed by atoms with Gasteiger partial charge in [0.2, 0.25) is 0 Å². The Hall–Kier alpha value is -2.12. The molecule has 6 nitrogen and oxygen atoms in total. The number of likely N-dealkylation sites (N-methyl/N-ethyl adjacent to an activating group) is 2. The number of fused-ring (bicyclic) bond motifs is 2. The van der Waals surface area contributed by atoms with Crippen LogP contribution >= 0.6 is 24.8 Å². The van der Waals surface area contributed by atoms with E-state index in [4.69, 9.17) is 9.47 Å². The van der Waals surface area contributed by atoms with Crippen LogP contribution < -0.4 is 9.47 Å². The lowest BCUT2D eigenvalue weighted by Gasteiger charge is -2.24. The van der Waals surface area contributed by atoms with Crippen LogP contribution in [0.1, 0.15) is 59.5 Å². The van der Waals surface area contributed by atoms with Gasteiger partial charge in [-0.25, -0.2) is 0 Å². The largest absolute Gasteiger partial charge is 0.491 e. The lowest BCUT2D eigenvalue weighted by atomic mass is 9.83. The van der Waals surface area contributed by atoms with Crippen LogP contribution in [0.2, 0.25) is 0 Å². The second-order valence-electron chi connectivity index (χ2n) is 7.77. The fraction of sp³-hybridized carbons (Fsp3) is 0.462. The normalized spacial score (nSPS) is 12.1. The van der Waals surface area contributed by atoms with Crippen LogP contribution in [0.15, 0.2) is 36.4 Å². The van der Waals surface area contributed by atoms with E-state index in [-0.39, 0.29) is 36.4 Å². The Bertz CT molecular complexity index is 882. The average molecular weight is 511 g/mol. The van der Waals surface area contributed by atoms with E-state index in [0.29, 0.717) is 47.0 Å². The Morgan fingerprint density at radius 2 is 0.971 bits per heavy atom. The quantitative estimate of drug-likeness (QED) is 0.350. The third kappa shape index (κ3) is 6.51. The third-order valence-electron chi connectivity index (χ3n) is 6.11. The van der Waals surface area contributed by atoms with Crippen LogP contribution in [-0.2, 0) is 0 Å². The van der Waals surface area contributed by atoms with Gasteiger partial charge in [-0.05, 0) is 38.3 Å². The summed E-state index contributed by atoms with van der Waals surface area (Å²) in [6.45, 7) is 14.6. The van der Waals surface area contributed by atoms with E-state index in [0.717, 1.165) is 39.3 Å². The number of ether oxygens (including phenoxy) is 2. The predicted octanol–water partition coefficient (Wildman–Crippen LogP) is 4.75. The Labute approximate surface area is 215 Å². The minimum Gasteiger partial charge on any atom is -0.491 e. The number of hydrogen-bond donors (Lipinski definition) is 0. The van der Waals surface area contributed by atoms with Gasteiger partial charge in [-0.2, -0.15) is 0 Å². The van der Waals surface area contributed by atoms with Crippen molar-refractivity contribution in [3.05, 3.63) is 58.7 Å². The smallest absolute Gasteiger partial charge is 0.198 e. The molecule has 0 heterocycles. The highest BCUT2D eigenvalue weighted by Crippen LogP contribution is 2.37. The van der Waals surface area contributed by atoms with E-state index in [1.807, 2.05) is 0 Å². The molecule has 0 atom stereocenters. The van der Waals surface area contributed by atoms with E-state index in [2.05, 4.69) is 37.5 Å². The molecular weight excluding hydrogens is 475 g/mol. The zero-order chi connectivity index (χ0) is 23.1. The summed E-state index contributed by atoms with van der Waals surface area (Å²) in [5, 5.41) is 0. The molecule has 0 aromatic heterocycles. The van der Waals surface area contributed by atoms with Crippen LogP contribution in [0, 0.1) is 0 Å². The van der Waals surface area contributed by atoms with Crippen LogP contribution in [0.25, 0.3) is 0 Å². The number of halogens is 2. The summed E-state index contributed by atoms with van der Waals surface area (Å²) in [5.41, 5.74) is 1.46. The number of carbonyl (C=O) groups is 2. The molecular formula is C26H36Cl2N2O4. The second-order valence-corrected chi connectivity index (χ2v) is 7.77. The van der Waals surface area contributed by atoms with Crippen molar-refractivity contribution in [2.45, 2.75) is 27.7 Å². The molecule has 0 radical (unpaired) electrons. The molecule has 0 saturated heterocycles. The first-order valence-corrected chi connectivity index (χ1v) is 11.6. The van der Waals surface area contributed by atoms with Gasteiger partial charge in [-0.3, -0.25) is 9.59 Å². The maximum Gasteiger partial charge on any atom is 0.198 e. The van der Waals surface area contributed by atoms with E-state index in [1.165, 1.54) is 0 Å². The van der Waals surface area contributed by atoms with Crippen LogP contribution in [0.5, 0.6) is 11.5 Å². The standard InChI is InChI=1S/C26H34N2O4.2ClH/c1-5-27(6-2)15-17-31-21-13-9-11-19-23(21)25(29)20-12-10-14-22(24(20)26(19)30)32-18-16-28(7-3)8-4;;/h9-14H,5-8,15-18H2,1-4H3;2*1H. The number of ketones is 2. The lowest BCUT2D eigenvalue weighted by Crippen LogP contribution is -2.29. The van der Waals surface area contributed by atoms with Gasteiger partial charge in [0.05, 0.1) is 11.1 Å². The minimum atomic E-state index is -0.192. The zero-order valence-electron chi connectivity index (χ0n) is 20.5. The molecule has 0 spiro atoms. The summed E-state index contributed by atoms with van der Waals surface area (Å²) in [6, 6.07) is 10.5. The van der Waals surface area contributed by atoms with Crippen molar-refractivity contribution in [1.29, 1.82) is 0 Å². The molecule has 2 aromatic carbocycles. The van der Waals surface area contributed by atoms with Gasteiger partial charge in [0.15, 0.2) is 11.6 Å². The molecule has 8 heteroatoms. The van der Waals surface area contributed by atoms with Gasteiger partial charge < -0.3 is 19.3 Å². The van der Waals surface area contributed by atoms with E-state index in [1.54, 1.807) is 36.4 Å². The van der Waals surface area contributed by atoms with Crippen molar-refractivity contribution in [3.8, 4) is 11.5 Å². The topological polar surface area (TPSA) is 59.1 Å². The van der Waals surface area contributed by atoms with Crippen LogP contribution in [-0.4, -0.2) is 73.8 Å². The highest BCUT2D eigenvalue weighted by Gasteiger charge is 2.34. The van der Waals surface area contributed by atoms with Gasteiger partial charge >= 0.3 is 0 Å². The molecule has 34 heavy (non-hydrogen) atoms. The Balaban J connectivity index is 0.00000289. The SMILES string of the molecule is CCN(CC)CCOc1cccc2c1C(=O)c1cccc(OCCN(CC)CC)c1C2=O.Cl.Cl. The number of rotatable bonds is 12. The number of benzene rings is 2. The summed E-state index contributed by atoms with van der Waals surface area (Å²) in [5.74, 6) is 0.544. The van der Waals surface area contributed by atoms with Gasteiger partial charge in [0.1, 0.15) is 24.7 Å². The highest BCUT2D eigenvalue weighted by molar-refractivity contribution is 6.30. The Morgan fingerprint density at radius 3 is 1.29 bits per heavy atom. The fourth-order valence-corrected chi connectivity index (χ4v) is 4.07. The van der Waals surface area contributed by atoms with Crippen molar-refractivity contribution in [2.75, 3.05) is 52.5 Å². The summed E-state index contributed by atoms with van der Waals surface area (Å²) >= 11 is 0. The molecule has 3 rings (SSSR count). The lowest BCUT2D eigenvalue weighted by molar-refractivity contribution is 0.0971. The molecule has 0 unspecified atom stereocenters. The monoisotopic (exact) mass is 510 g/mol. The maximum atomic E-state index is 13.4. The highest BCUT2D eigenvalue weighted by atomic mass is 35.5. The molecule has 0 bridgehead atoms. The molecule has 1 aliphatic carbocycles. The molecule has 1 aliphatic rings. The predicted molar refractivity (Wildman–Crippen MR) is 141 cm³/mol. The molecule has 0 saturated carbocycles. The average Bonchev–Trinajstić information content (AvgIpc) is 2.82. The molecule has 0 fully saturated rings. The molecule has 0 amide bonds. The third-order valence-corrected chi connectivity index (χ3v) is 6.11. The zero-order valence-corrected chi connectivity index (χ0v) is 22.1. The first kappa shape index (κ1) is 29.9. The summed E-state index contributed by atoms with van der Waals surface area (Å²) in [4.78, 5) is 31.3. The molecule has 188 valence electrons. The number of nitrogens with zero attached hydrogens (tertiary/aromatic N) is 2. The maximum absolute atomic E-state index is 13.4. The van der Waals surface area contributed by atoms with Crippen molar-refractivity contribution in [2.24, 2.45) is 0 Å².